The minimum atomic E-state index is -1.74. The number of likely N-dealkylation sites (tertiary alicyclic amines) is 1. The first-order chi connectivity index (χ1) is 25.7. The molecule has 2 heterocycles. The van der Waals surface area contributed by atoms with E-state index in [0.717, 1.165) is 5.56 Å². The number of hydrogen-bond acceptors (Lipinski definition) is 12. The summed E-state index contributed by atoms with van der Waals surface area (Å²) in [5.41, 5.74) is -0.664. The molecule has 0 saturated carbocycles. The predicted octanol–water partition coefficient (Wildman–Crippen LogP) is 4.62. The van der Waals surface area contributed by atoms with E-state index >= 15 is 0 Å². The first-order valence-corrected chi connectivity index (χ1v) is 17.7. The van der Waals surface area contributed by atoms with Gasteiger partial charge in [-0.1, -0.05) is 66.7 Å². The molecule has 13 heteroatoms. The number of rotatable bonds is 12. The van der Waals surface area contributed by atoms with Crippen LogP contribution in [0.2, 0.25) is 0 Å². The lowest BCUT2D eigenvalue weighted by Gasteiger charge is -2.58. The van der Waals surface area contributed by atoms with Gasteiger partial charge < -0.3 is 44.0 Å². The van der Waals surface area contributed by atoms with Gasteiger partial charge in [0.15, 0.2) is 17.6 Å². The summed E-state index contributed by atoms with van der Waals surface area (Å²) < 4.78 is 23.3. The molecule has 13 nitrogen and oxygen atoms in total. The number of hydrogen-bond donors (Lipinski definition) is 3. The van der Waals surface area contributed by atoms with Gasteiger partial charge in [-0.2, -0.15) is 0 Å². The van der Waals surface area contributed by atoms with Crippen LogP contribution in [0.15, 0.2) is 84.6 Å². The molecule has 0 unspecified atom stereocenters. The molecule has 3 aromatic carbocycles. The monoisotopic (exact) mass is 741 g/mol. The molecule has 1 fully saturated rings. The zero-order valence-corrected chi connectivity index (χ0v) is 30.4. The molecule has 1 saturated heterocycles. The van der Waals surface area contributed by atoms with Crippen molar-refractivity contribution in [2.45, 2.75) is 81.8 Å². The van der Waals surface area contributed by atoms with Gasteiger partial charge in [0.2, 0.25) is 12.2 Å². The summed E-state index contributed by atoms with van der Waals surface area (Å²) in [5, 5.41) is 33.2. The fourth-order valence-corrected chi connectivity index (χ4v) is 8.12. The molecule has 0 aromatic heterocycles. The molecule has 3 aliphatic rings. The number of carbonyl (C=O) groups is 5. The van der Waals surface area contributed by atoms with Crippen LogP contribution in [-0.4, -0.2) is 81.2 Å². The summed E-state index contributed by atoms with van der Waals surface area (Å²) in [6.07, 6.45) is -3.41. The number of ether oxygens (including phenoxy) is 4. The van der Waals surface area contributed by atoms with Gasteiger partial charge in [0.05, 0.1) is 23.4 Å². The van der Waals surface area contributed by atoms with Crippen LogP contribution in [-0.2, 0) is 43.6 Å². The van der Waals surface area contributed by atoms with Crippen molar-refractivity contribution in [3.8, 4) is 11.5 Å². The van der Waals surface area contributed by atoms with Crippen molar-refractivity contribution in [2.75, 3.05) is 13.6 Å². The van der Waals surface area contributed by atoms with E-state index in [-0.39, 0.29) is 40.8 Å². The van der Waals surface area contributed by atoms with Crippen LogP contribution in [0.25, 0.3) is 0 Å². The molecular formula is C41H43NO12. The number of aromatic hydroxyl groups is 1. The number of esters is 3. The zero-order chi connectivity index (χ0) is 38.9. The summed E-state index contributed by atoms with van der Waals surface area (Å²) in [5.74, 6) is -6.28. The van der Waals surface area contributed by atoms with Crippen molar-refractivity contribution in [3.05, 3.63) is 107 Å². The molecule has 7 atom stereocenters. The van der Waals surface area contributed by atoms with Crippen molar-refractivity contribution in [1.82, 2.24) is 4.90 Å². The Bertz CT molecular complexity index is 1980. The van der Waals surface area contributed by atoms with Crippen LogP contribution in [0.4, 0.5) is 0 Å². The molecule has 3 aromatic rings. The third-order valence-electron chi connectivity index (χ3n) is 11.0. The molecule has 1 spiro atoms. The average Bonchev–Trinajstić information content (AvgIpc) is 3.52. The summed E-state index contributed by atoms with van der Waals surface area (Å²) in [7, 11) is 1.92. The number of aryl methyl sites for hydroxylation is 1. The second-order valence-corrected chi connectivity index (χ2v) is 14.3. The molecule has 0 amide bonds. The number of aliphatic carboxylic acids is 1. The number of Topliss-reactive ketones (excluding diaryl/α,β-unsaturated/α-hetero) is 1. The third-order valence-corrected chi connectivity index (χ3v) is 11.0. The smallest absolute Gasteiger partial charge is 0.353 e. The first-order valence-electron chi connectivity index (χ1n) is 17.7. The van der Waals surface area contributed by atoms with Crippen LogP contribution in [0.3, 0.4) is 0 Å². The van der Waals surface area contributed by atoms with E-state index in [0.29, 0.717) is 18.5 Å². The maximum absolute atomic E-state index is 13.8. The summed E-state index contributed by atoms with van der Waals surface area (Å²) in [6.45, 7) is 5.60. The van der Waals surface area contributed by atoms with Gasteiger partial charge in [-0.25, -0.2) is 9.59 Å². The standard InChI is InChI=1S/C41H43NO12/c1-23-15-16-29(44)35-32(23)40-19-20-42(4)25(3)41(40,50)18-17-30(36(40)52-35)51-31(45)22-28(21-24(2)43)38(48)54-34(27-13-9-6-10-14-27)39(49)53-33(37(46)47)26-11-7-5-8-12-26/h5-17,25,28,33-34,36,44,50H,18-22H2,1-4H3,(H,46,47)/t25-,28+,33+,34+,36+,40+,41-/m1/s1. The molecule has 6 rings (SSSR count). The summed E-state index contributed by atoms with van der Waals surface area (Å²) in [4.78, 5) is 67.6. The van der Waals surface area contributed by atoms with Crippen LogP contribution in [0.5, 0.6) is 11.5 Å². The molecule has 2 aliphatic heterocycles. The molecule has 3 N–H and O–H groups in total. The highest BCUT2D eigenvalue weighted by Gasteiger charge is 2.69. The largest absolute Gasteiger partial charge is 0.504 e. The quantitative estimate of drug-likeness (QED) is 0.173. The fourth-order valence-electron chi connectivity index (χ4n) is 8.12. The number of fused-ring (bicyclic) bond motifs is 1. The Labute approximate surface area is 312 Å². The minimum absolute atomic E-state index is 0.0929. The Hall–Kier alpha value is -5.53. The average molecular weight is 742 g/mol. The molecular weight excluding hydrogens is 698 g/mol. The number of aliphatic hydroxyl groups is 1. The number of likely N-dealkylation sites (N-methyl/N-ethyl adjacent to an activating group) is 1. The normalized spacial score (nSPS) is 24.6. The van der Waals surface area contributed by atoms with Crippen molar-refractivity contribution >= 4 is 29.7 Å². The minimum Gasteiger partial charge on any atom is -0.504 e. The van der Waals surface area contributed by atoms with Gasteiger partial charge in [-0.05, 0) is 58.5 Å². The van der Waals surface area contributed by atoms with Crippen LogP contribution < -0.4 is 4.74 Å². The Morgan fingerprint density at radius 2 is 1.52 bits per heavy atom. The van der Waals surface area contributed by atoms with Crippen LogP contribution >= 0.6 is 0 Å². The number of carbonyl (C=O) groups excluding carboxylic acids is 4. The first kappa shape index (κ1) is 38.2. The lowest BCUT2D eigenvalue weighted by molar-refractivity contribution is -0.180. The van der Waals surface area contributed by atoms with E-state index in [1.165, 1.54) is 37.3 Å². The number of benzene rings is 3. The Morgan fingerprint density at radius 3 is 2.13 bits per heavy atom. The zero-order valence-electron chi connectivity index (χ0n) is 30.4. The molecule has 284 valence electrons. The van der Waals surface area contributed by atoms with Crippen molar-refractivity contribution in [3.63, 3.8) is 0 Å². The number of ketones is 1. The number of carboxylic acid groups (broad SMARTS) is 1. The van der Waals surface area contributed by atoms with Crippen LogP contribution in [0.1, 0.15) is 74.0 Å². The van der Waals surface area contributed by atoms with E-state index in [1.807, 2.05) is 25.8 Å². The molecule has 0 bridgehead atoms. The van der Waals surface area contributed by atoms with Gasteiger partial charge in [0.25, 0.3) is 0 Å². The SMILES string of the molecule is CC(=O)C[C@@H](CC(=O)OC1=CC[C@@]2(O)[C@@H](C)N(C)CC[C@@]23c2c(C)ccc(O)c2O[C@@H]13)C(=O)O[C@H](C(=O)O[C@H](C(=O)O)c1ccccc1)c1ccccc1. The lowest BCUT2D eigenvalue weighted by atomic mass is 9.54. The summed E-state index contributed by atoms with van der Waals surface area (Å²) in [6, 6.07) is 18.5. The van der Waals surface area contributed by atoms with E-state index in [9.17, 15) is 39.3 Å². The lowest BCUT2D eigenvalue weighted by Crippen LogP contribution is -2.71. The molecule has 0 radical (unpaired) electrons. The van der Waals surface area contributed by atoms with Crippen molar-refractivity contribution < 1.29 is 58.2 Å². The van der Waals surface area contributed by atoms with E-state index in [1.54, 1.807) is 48.5 Å². The number of phenolic OH excluding ortho intramolecular Hbond substituents is 1. The van der Waals surface area contributed by atoms with Crippen molar-refractivity contribution in [2.24, 2.45) is 5.92 Å². The van der Waals surface area contributed by atoms with Gasteiger partial charge in [-0.3, -0.25) is 9.59 Å². The second-order valence-electron chi connectivity index (χ2n) is 14.3. The maximum atomic E-state index is 13.8. The number of nitrogens with zero attached hydrogens (tertiary/aromatic N) is 1. The van der Waals surface area contributed by atoms with Crippen LogP contribution in [0, 0.1) is 12.8 Å². The van der Waals surface area contributed by atoms with Gasteiger partial charge in [0, 0.05) is 35.6 Å². The van der Waals surface area contributed by atoms with E-state index < -0.39 is 77.7 Å². The number of phenols is 1. The fraction of sp³-hybridized carbons (Fsp3) is 0.390. The van der Waals surface area contributed by atoms with Gasteiger partial charge >= 0.3 is 23.9 Å². The number of carboxylic acids is 1. The Kier molecular flexibility index (Phi) is 10.7. The maximum Gasteiger partial charge on any atom is 0.353 e. The van der Waals surface area contributed by atoms with Gasteiger partial charge in [0.1, 0.15) is 11.5 Å². The van der Waals surface area contributed by atoms with E-state index in [4.69, 9.17) is 18.9 Å². The molecule has 54 heavy (non-hydrogen) atoms. The van der Waals surface area contributed by atoms with Gasteiger partial charge in [-0.15, -0.1) is 0 Å². The van der Waals surface area contributed by atoms with E-state index in [2.05, 4.69) is 0 Å². The van der Waals surface area contributed by atoms with Crippen molar-refractivity contribution in [1.29, 1.82) is 0 Å². The Balaban J connectivity index is 1.25. The highest BCUT2D eigenvalue weighted by Crippen LogP contribution is 2.62. The highest BCUT2D eigenvalue weighted by atomic mass is 16.6. The molecule has 1 aliphatic carbocycles. The third kappa shape index (κ3) is 6.85. The predicted molar refractivity (Wildman–Crippen MR) is 191 cm³/mol. The Morgan fingerprint density at radius 1 is 0.907 bits per heavy atom. The highest BCUT2D eigenvalue weighted by molar-refractivity contribution is 5.89. The number of piperidine rings is 1. The second kappa shape index (κ2) is 15.1. The summed E-state index contributed by atoms with van der Waals surface area (Å²) >= 11 is 0. The topological polar surface area (TPSA) is 186 Å².